The number of aromatic amines is 2. The van der Waals surface area contributed by atoms with Crippen molar-refractivity contribution in [3.63, 3.8) is 0 Å². The van der Waals surface area contributed by atoms with Gasteiger partial charge in [-0.25, -0.2) is 4.98 Å². The minimum Gasteiger partial charge on any atom is -0.361 e. The maximum absolute atomic E-state index is 5.06. The van der Waals surface area contributed by atoms with Gasteiger partial charge < -0.3 is 9.97 Å². The average Bonchev–Trinajstić information content (AvgIpc) is 3.28. The Balaban J connectivity index is 1.73. The SMILES string of the molecule is C=C/C=C\c1[nH]cc(-c2nc3c([nH]2)-c2ccccc2Cc2ccccc2-3)c1C. The number of rotatable bonds is 3. The monoisotopic (exact) mass is 363 g/mol. The summed E-state index contributed by atoms with van der Waals surface area (Å²) >= 11 is 0. The zero-order valence-electron chi connectivity index (χ0n) is 15.8. The molecular formula is C25H21N3. The van der Waals surface area contributed by atoms with E-state index in [9.17, 15) is 0 Å². The van der Waals surface area contributed by atoms with Crippen molar-refractivity contribution in [3.8, 4) is 33.9 Å². The van der Waals surface area contributed by atoms with Gasteiger partial charge in [-0.3, -0.25) is 0 Å². The van der Waals surface area contributed by atoms with Crippen LogP contribution in [0, 0.1) is 6.92 Å². The molecule has 0 bridgehead atoms. The molecule has 0 saturated carbocycles. The van der Waals surface area contributed by atoms with Gasteiger partial charge in [0.2, 0.25) is 0 Å². The molecule has 2 aromatic heterocycles. The standard InChI is InChI=1S/C25H21N3/c1-3-4-13-22-16(2)21(15-26-22)25-27-23-19-11-7-5-9-17(19)14-18-10-6-8-12-20(18)24(23)28-25/h3-13,15,26H,1,14H2,2H3,(H,27,28)/b13-4-. The Hall–Kier alpha value is -3.59. The molecule has 0 atom stereocenters. The first-order chi connectivity index (χ1) is 13.8. The van der Waals surface area contributed by atoms with Crippen LogP contribution in [-0.2, 0) is 6.42 Å². The Bertz CT molecular complexity index is 1160. The molecule has 0 unspecified atom stereocenters. The van der Waals surface area contributed by atoms with E-state index in [1.54, 1.807) is 6.08 Å². The third-order valence-corrected chi connectivity index (χ3v) is 5.48. The predicted octanol–water partition coefficient (Wildman–Crippen LogP) is 6.15. The van der Waals surface area contributed by atoms with Gasteiger partial charge in [0, 0.05) is 28.6 Å². The van der Waals surface area contributed by atoms with Crippen molar-refractivity contribution in [1.82, 2.24) is 15.0 Å². The summed E-state index contributed by atoms with van der Waals surface area (Å²) in [6, 6.07) is 17.2. The molecule has 0 fully saturated rings. The van der Waals surface area contributed by atoms with Crippen LogP contribution in [0.2, 0.25) is 0 Å². The maximum Gasteiger partial charge on any atom is 0.140 e. The van der Waals surface area contributed by atoms with Crippen LogP contribution in [0.5, 0.6) is 0 Å². The first-order valence-corrected chi connectivity index (χ1v) is 9.50. The highest BCUT2D eigenvalue weighted by molar-refractivity contribution is 5.86. The van der Waals surface area contributed by atoms with E-state index in [4.69, 9.17) is 4.98 Å². The number of nitrogens with one attached hydrogen (secondary N) is 2. The van der Waals surface area contributed by atoms with Crippen molar-refractivity contribution < 1.29 is 0 Å². The highest BCUT2D eigenvalue weighted by atomic mass is 14.9. The molecule has 0 radical (unpaired) electrons. The van der Waals surface area contributed by atoms with Crippen LogP contribution in [-0.4, -0.2) is 15.0 Å². The van der Waals surface area contributed by atoms with Gasteiger partial charge in [-0.05, 0) is 36.1 Å². The zero-order chi connectivity index (χ0) is 19.1. The highest BCUT2D eigenvalue weighted by Crippen LogP contribution is 2.40. The van der Waals surface area contributed by atoms with Gasteiger partial charge in [-0.1, -0.05) is 67.3 Å². The summed E-state index contributed by atoms with van der Waals surface area (Å²) < 4.78 is 0. The summed E-state index contributed by atoms with van der Waals surface area (Å²) in [7, 11) is 0. The molecule has 2 heterocycles. The van der Waals surface area contributed by atoms with E-state index in [1.807, 2.05) is 18.3 Å². The zero-order valence-corrected chi connectivity index (χ0v) is 15.8. The Morgan fingerprint density at radius 2 is 1.68 bits per heavy atom. The lowest BCUT2D eigenvalue weighted by molar-refractivity contribution is 1.19. The van der Waals surface area contributed by atoms with E-state index in [2.05, 4.69) is 72.0 Å². The number of aromatic nitrogens is 3. The fourth-order valence-corrected chi connectivity index (χ4v) is 4.01. The second-order valence-corrected chi connectivity index (χ2v) is 7.14. The van der Waals surface area contributed by atoms with E-state index in [0.29, 0.717) is 0 Å². The van der Waals surface area contributed by atoms with Crippen molar-refractivity contribution in [3.05, 3.63) is 95.8 Å². The Morgan fingerprint density at radius 3 is 2.46 bits per heavy atom. The molecule has 2 N–H and O–H groups in total. The van der Waals surface area contributed by atoms with Crippen LogP contribution < -0.4 is 0 Å². The van der Waals surface area contributed by atoms with Crippen molar-refractivity contribution in [2.75, 3.05) is 0 Å². The summed E-state index contributed by atoms with van der Waals surface area (Å²) in [5.41, 5.74) is 10.5. The van der Waals surface area contributed by atoms with Gasteiger partial charge in [0.15, 0.2) is 0 Å². The van der Waals surface area contributed by atoms with Crippen molar-refractivity contribution >= 4 is 6.08 Å². The molecule has 5 rings (SSSR count). The van der Waals surface area contributed by atoms with Crippen molar-refractivity contribution in [1.29, 1.82) is 0 Å². The molecule has 4 aromatic rings. The fraction of sp³-hybridized carbons (Fsp3) is 0.0800. The van der Waals surface area contributed by atoms with E-state index >= 15 is 0 Å². The summed E-state index contributed by atoms with van der Waals surface area (Å²) in [4.78, 5) is 12.0. The number of fused-ring (bicyclic) bond motifs is 5. The molecule has 3 nitrogen and oxygen atoms in total. The van der Waals surface area contributed by atoms with E-state index in [1.165, 1.54) is 27.8 Å². The van der Waals surface area contributed by atoms with Crippen LogP contribution in [0.3, 0.4) is 0 Å². The number of H-pyrrole nitrogens is 2. The molecule has 2 aromatic carbocycles. The van der Waals surface area contributed by atoms with Crippen LogP contribution in [0.1, 0.15) is 22.4 Å². The maximum atomic E-state index is 5.06. The number of imidazole rings is 1. The van der Waals surface area contributed by atoms with Gasteiger partial charge in [0.25, 0.3) is 0 Å². The topological polar surface area (TPSA) is 44.5 Å². The van der Waals surface area contributed by atoms with Crippen LogP contribution in [0.15, 0.2) is 73.5 Å². The molecule has 3 heteroatoms. The third kappa shape index (κ3) is 2.55. The van der Waals surface area contributed by atoms with Crippen LogP contribution in [0.4, 0.5) is 0 Å². The molecule has 1 aliphatic rings. The molecule has 0 aliphatic heterocycles. The van der Waals surface area contributed by atoms with Gasteiger partial charge >= 0.3 is 0 Å². The lowest BCUT2D eigenvalue weighted by atomic mass is 10.00. The number of benzene rings is 2. The summed E-state index contributed by atoms with van der Waals surface area (Å²) in [6.07, 6.45) is 8.69. The first-order valence-electron chi connectivity index (χ1n) is 9.50. The molecule has 0 amide bonds. The van der Waals surface area contributed by atoms with E-state index < -0.39 is 0 Å². The number of allylic oxidation sites excluding steroid dienone is 2. The minimum absolute atomic E-state index is 0.892. The Labute approximate surface area is 164 Å². The Morgan fingerprint density at radius 1 is 0.964 bits per heavy atom. The number of hydrogen-bond donors (Lipinski definition) is 2. The average molecular weight is 363 g/mol. The largest absolute Gasteiger partial charge is 0.361 e. The smallest absolute Gasteiger partial charge is 0.140 e. The molecule has 28 heavy (non-hydrogen) atoms. The van der Waals surface area contributed by atoms with E-state index in [0.717, 1.165) is 34.9 Å². The molecule has 0 saturated heterocycles. The molecular weight excluding hydrogens is 342 g/mol. The van der Waals surface area contributed by atoms with Crippen LogP contribution >= 0.6 is 0 Å². The second kappa shape index (κ2) is 6.54. The van der Waals surface area contributed by atoms with Gasteiger partial charge in [0.05, 0.1) is 11.4 Å². The highest BCUT2D eigenvalue weighted by Gasteiger charge is 2.23. The molecule has 1 aliphatic carbocycles. The lowest BCUT2D eigenvalue weighted by Gasteiger charge is -2.06. The van der Waals surface area contributed by atoms with Crippen LogP contribution in [0.25, 0.3) is 40.0 Å². The lowest BCUT2D eigenvalue weighted by Crippen LogP contribution is -1.91. The van der Waals surface area contributed by atoms with Gasteiger partial charge in [0.1, 0.15) is 5.82 Å². The van der Waals surface area contributed by atoms with Gasteiger partial charge in [-0.15, -0.1) is 0 Å². The third-order valence-electron chi connectivity index (χ3n) is 5.48. The Kier molecular flexibility index (Phi) is 3.87. The second-order valence-electron chi connectivity index (χ2n) is 7.14. The fourth-order valence-electron chi connectivity index (χ4n) is 4.01. The quantitative estimate of drug-likeness (QED) is 0.371. The first kappa shape index (κ1) is 16.6. The predicted molar refractivity (Wildman–Crippen MR) is 116 cm³/mol. The van der Waals surface area contributed by atoms with E-state index in [-0.39, 0.29) is 0 Å². The summed E-state index contributed by atoms with van der Waals surface area (Å²) in [5.74, 6) is 0.892. The van der Waals surface area contributed by atoms with Crippen molar-refractivity contribution in [2.24, 2.45) is 0 Å². The summed E-state index contributed by atoms with van der Waals surface area (Å²) in [5, 5.41) is 0. The molecule has 136 valence electrons. The minimum atomic E-state index is 0.892. The summed E-state index contributed by atoms with van der Waals surface area (Å²) in [6.45, 7) is 5.86. The number of hydrogen-bond acceptors (Lipinski definition) is 1. The normalized spacial score (nSPS) is 12.3. The van der Waals surface area contributed by atoms with Crippen molar-refractivity contribution in [2.45, 2.75) is 13.3 Å². The van der Waals surface area contributed by atoms with Gasteiger partial charge in [-0.2, -0.15) is 0 Å². The molecule has 0 spiro atoms. The number of nitrogens with zero attached hydrogens (tertiary/aromatic N) is 1.